The zero-order valence-corrected chi connectivity index (χ0v) is 10.2. The van der Waals surface area contributed by atoms with Crippen LogP contribution in [-0.2, 0) is 4.79 Å². The Morgan fingerprint density at radius 1 is 1.50 bits per heavy atom. The number of carbonyl (C=O) groups excluding carboxylic acids is 1. The van der Waals surface area contributed by atoms with Crippen molar-refractivity contribution in [1.29, 1.82) is 0 Å². The molecule has 0 aliphatic heterocycles. The molecule has 1 aliphatic carbocycles. The van der Waals surface area contributed by atoms with Gasteiger partial charge in [-0.3, -0.25) is 4.79 Å². The molecule has 3 heteroatoms. The van der Waals surface area contributed by atoms with Crippen LogP contribution in [0.1, 0.15) is 45.4 Å². The van der Waals surface area contributed by atoms with Crippen molar-refractivity contribution < 1.29 is 9.90 Å². The van der Waals surface area contributed by atoms with Gasteiger partial charge in [-0.25, -0.2) is 0 Å². The molecule has 16 heavy (non-hydrogen) atoms. The third-order valence-electron chi connectivity index (χ3n) is 3.08. The van der Waals surface area contributed by atoms with Crippen LogP contribution < -0.4 is 0 Å². The van der Waals surface area contributed by atoms with Crippen LogP contribution in [0.4, 0.5) is 0 Å². The van der Waals surface area contributed by atoms with Crippen molar-refractivity contribution in [2.75, 3.05) is 19.7 Å². The Kier molecular flexibility index (Phi) is 6.16. The number of allylic oxidation sites excluding steroid dienone is 1. The fraction of sp³-hybridized carbons (Fsp3) is 0.769. The van der Waals surface area contributed by atoms with Crippen LogP contribution in [0.2, 0.25) is 0 Å². The minimum absolute atomic E-state index is 0.159. The maximum atomic E-state index is 12.0. The molecule has 1 rings (SSSR count). The molecular weight excluding hydrogens is 202 g/mol. The van der Waals surface area contributed by atoms with Gasteiger partial charge in [-0.15, -0.1) is 0 Å². The maximum absolute atomic E-state index is 12.0. The number of rotatable bonds is 6. The van der Waals surface area contributed by atoms with Crippen LogP contribution in [-0.4, -0.2) is 35.6 Å². The predicted molar refractivity (Wildman–Crippen MR) is 65.1 cm³/mol. The van der Waals surface area contributed by atoms with Crippen molar-refractivity contribution in [3.8, 4) is 0 Å². The zero-order valence-electron chi connectivity index (χ0n) is 10.2. The van der Waals surface area contributed by atoms with Gasteiger partial charge < -0.3 is 10.0 Å². The fourth-order valence-corrected chi connectivity index (χ4v) is 2.09. The summed E-state index contributed by atoms with van der Waals surface area (Å²) >= 11 is 0. The Morgan fingerprint density at radius 3 is 2.88 bits per heavy atom. The average molecular weight is 225 g/mol. The largest absolute Gasteiger partial charge is 0.396 e. The third-order valence-corrected chi connectivity index (χ3v) is 3.08. The summed E-state index contributed by atoms with van der Waals surface area (Å²) in [5.74, 6) is 0.212. The van der Waals surface area contributed by atoms with E-state index in [4.69, 9.17) is 5.11 Å². The molecule has 1 aliphatic rings. The summed E-state index contributed by atoms with van der Waals surface area (Å²) in [6.07, 6.45) is 8.19. The van der Waals surface area contributed by atoms with Crippen molar-refractivity contribution in [3.63, 3.8) is 0 Å². The molecule has 0 fully saturated rings. The Hall–Kier alpha value is -0.830. The number of aliphatic hydroxyl groups excluding tert-OH is 1. The molecule has 0 radical (unpaired) electrons. The summed E-state index contributed by atoms with van der Waals surface area (Å²) in [4.78, 5) is 13.8. The second-order valence-electron chi connectivity index (χ2n) is 4.34. The lowest BCUT2D eigenvalue weighted by Gasteiger charge is -2.22. The van der Waals surface area contributed by atoms with Crippen molar-refractivity contribution in [2.24, 2.45) is 0 Å². The molecule has 0 aromatic heterocycles. The van der Waals surface area contributed by atoms with Gasteiger partial charge in [0, 0.05) is 26.1 Å². The van der Waals surface area contributed by atoms with Crippen LogP contribution >= 0.6 is 0 Å². The molecule has 1 N–H and O–H groups in total. The molecule has 3 nitrogen and oxygen atoms in total. The number of hydrogen-bond acceptors (Lipinski definition) is 2. The lowest BCUT2D eigenvalue weighted by molar-refractivity contribution is -0.130. The summed E-state index contributed by atoms with van der Waals surface area (Å²) < 4.78 is 0. The van der Waals surface area contributed by atoms with Gasteiger partial charge in [-0.2, -0.15) is 0 Å². The number of nitrogens with zero attached hydrogens (tertiary/aromatic N) is 1. The highest BCUT2D eigenvalue weighted by atomic mass is 16.3. The molecule has 0 unspecified atom stereocenters. The third kappa shape index (κ3) is 4.35. The SMILES string of the molecule is CCN(CCCO)C(=O)CC1=CCCCC1. The van der Waals surface area contributed by atoms with Gasteiger partial charge in [0.05, 0.1) is 0 Å². The minimum Gasteiger partial charge on any atom is -0.396 e. The first-order valence-corrected chi connectivity index (χ1v) is 6.34. The first kappa shape index (κ1) is 13.2. The standard InChI is InChI=1S/C13H23NO2/c1-2-14(9-6-10-15)13(16)11-12-7-4-3-5-8-12/h7,15H,2-6,8-11H2,1H3. The van der Waals surface area contributed by atoms with Crippen molar-refractivity contribution in [2.45, 2.75) is 45.4 Å². The summed E-state index contributed by atoms with van der Waals surface area (Å²) in [5, 5.41) is 8.76. The van der Waals surface area contributed by atoms with E-state index in [2.05, 4.69) is 6.08 Å². The molecule has 0 spiro atoms. The maximum Gasteiger partial charge on any atom is 0.226 e. The first-order valence-electron chi connectivity index (χ1n) is 6.34. The number of carbonyl (C=O) groups is 1. The zero-order chi connectivity index (χ0) is 11.8. The Morgan fingerprint density at radius 2 is 2.31 bits per heavy atom. The number of aliphatic hydroxyl groups is 1. The molecule has 92 valence electrons. The van der Waals surface area contributed by atoms with E-state index in [-0.39, 0.29) is 12.5 Å². The van der Waals surface area contributed by atoms with Crippen molar-refractivity contribution in [3.05, 3.63) is 11.6 Å². The number of amides is 1. The van der Waals surface area contributed by atoms with Crippen LogP contribution in [0, 0.1) is 0 Å². The average Bonchev–Trinajstić information content (AvgIpc) is 2.31. The fourth-order valence-electron chi connectivity index (χ4n) is 2.09. The van der Waals surface area contributed by atoms with Gasteiger partial charge in [-0.05, 0) is 39.0 Å². The smallest absolute Gasteiger partial charge is 0.226 e. The highest BCUT2D eigenvalue weighted by molar-refractivity contribution is 5.78. The van der Waals surface area contributed by atoms with E-state index in [0.29, 0.717) is 19.4 Å². The molecule has 0 saturated carbocycles. The van der Waals surface area contributed by atoms with Crippen LogP contribution in [0.3, 0.4) is 0 Å². The molecule has 0 saturated heterocycles. The Balaban J connectivity index is 2.38. The minimum atomic E-state index is 0.159. The summed E-state index contributed by atoms with van der Waals surface area (Å²) in [6.45, 7) is 3.57. The quantitative estimate of drug-likeness (QED) is 0.703. The van der Waals surface area contributed by atoms with E-state index in [1.807, 2.05) is 11.8 Å². The molecule has 0 aromatic carbocycles. The van der Waals surface area contributed by atoms with E-state index in [1.54, 1.807) is 0 Å². The van der Waals surface area contributed by atoms with Crippen LogP contribution in [0.15, 0.2) is 11.6 Å². The molecule has 1 amide bonds. The van der Waals surface area contributed by atoms with E-state index < -0.39 is 0 Å². The van der Waals surface area contributed by atoms with Gasteiger partial charge >= 0.3 is 0 Å². The van der Waals surface area contributed by atoms with Gasteiger partial charge in [0.1, 0.15) is 0 Å². The van der Waals surface area contributed by atoms with Crippen LogP contribution in [0.5, 0.6) is 0 Å². The molecule has 0 heterocycles. The molecule has 0 atom stereocenters. The van der Waals surface area contributed by atoms with E-state index >= 15 is 0 Å². The van der Waals surface area contributed by atoms with Crippen LogP contribution in [0.25, 0.3) is 0 Å². The summed E-state index contributed by atoms with van der Waals surface area (Å²) in [6, 6.07) is 0. The topological polar surface area (TPSA) is 40.5 Å². The summed E-state index contributed by atoms with van der Waals surface area (Å²) in [7, 11) is 0. The molecule has 0 aromatic rings. The second kappa shape index (κ2) is 7.44. The van der Waals surface area contributed by atoms with E-state index in [9.17, 15) is 4.79 Å². The lowest BCUT2D eigenvalue weighted by Crippen LogP contribution is -2.32. The Labute approximate surface area is 98.1 Å². The van der Waals surface area contributed by atoms with Gasteiger partial charge in [0.25, 0.3) is 0 Å². The number of hydrogen-bond donors (Lipinski definition) is 1. The van der Waals surface area contributed by atoms with E-state index in [0.717, 1.165) is 19.4 Å². The van der Waals surface area contributed by atoms with E-state index in [1.165, 1.54) is 18.4 Å². The lowest BCUT2D eigenvalue weighted by atomic mass is 9.97. The van der Waals surface area contributed by atoms with Gasteiger partial charge in [-0.1, -0.05) is 11.6 Å². The monoisotopic (exact) mass is 225 g/mol. The summed E-state index contributed by atoms with van der Waals surface area (Å²) in [5.41, 5.74) is 1.30. The first-order chi connectivity index (χ1) is 7.77. The predicted octanol–water partition coefficient (Wildman–Crippen LogP) is 2.11. The second-order valence-corrected chi connectivity index (χ2v) is 4.34. The Bertz CT molecular complexity index is 248. The molecular formula is C13H23NO2. The van der Waals surface area contributed by atoms with Crippen molar-refractivity contribution in [1.82, 2.24) is 4.90 Å². The highest BCUT2D eigenvalue weighted by Gasteiger charge is 2.14. The van der Waals surface area contributed by atoms with Crippen molar-refractivity contribution >= 4 is 5.91 Å². The van der Waals surface area contributed by atoms with Gasteiger partial charge in [0.15, 0.2) is 0 Å². The molecule has 0 bridgehead atoms. The van der Waals surface area contributed by atoms with Gasteiger partial charge in [0.2, 0.25) is 5.91 Å². The highest BCUT2D eigenvalue weighted by Crippen LogP contribution is 2.20. The normalized spacial score (nSPS) is 15.8.